The van der Waals surface area contributed by atoms with Gasteiger partial charge in [-0.1, -0.05) is 24.6 Å². The van der Waals surface area contributed by atoms with E-state index >= 15 is 0 Å². The summed E-state index contributed by atoms with van der Waals surface area (Å²) in [6, 6.07) is 0. The first-order chi connectivity index (χ1) is 11.4. The Morgan fingerprint density at radius 1 is 1.12 bits per heavy atom. The van der Waals surface area contributed by atoms with Crippen molar-refractivity contribution in [2.75, 3.05) is 0 Å². The maximum atomic E-state index is 12.2. The Morgan fingerprint density at radius 3 is 2.62 bits per heavy atom. The number of carbonyl (C=O) groups is 1. The standard InChI is InChI=1S/C21H31NO2/c1-13(23)17-6-7-18-16-5-4-14-12-15(22-24)8-10-20(14,2)19(16)9-11-21(17,18)3/h12,16-19,24H,4-11H2,1-3H3/t16-,17+,18-,19-,20-,21+/m0/s1. The molecule has 3 saturated carbocycles. The number of oxime groups is 1. The lowest BCUT2D eigenvalue weighted by molar-refractivity contribution is -0.127. The van der Waals surface area contributed by atoms with Crippen molar-refractivity contribution in [2.45, 2.75) is 72.1 Å². The zero-order valence-electron chi connectivity index (χ0n) is 15.3. The number of hydrogen-bond donors (Lipinski definition) is 1. The quantitative estimate of drug-likeness (QED) is 0.544. The molecule has 0 unspecified atom stereocenters. The Hall–Kier alpha value is -1.12. The van der Waals surface area contributed by atoms with E-state index in [1.165, 1.54) is 31.3 Å². The second-order valence-corrected chi connectivity index (χ2v) is 9.38. The highest BCUT2D eigenvalue weighted by atomic mass is 16.4. The largest absolute Gasteiger partial charge is 0.411 e. The third kappa shape index (κ3) is 2.09. The van der Waals surface area contributed by atoms with Gasteiger partial charge in [0, 0.05) is 5.92 Å². The second kappa shape index (κ2) is 5.44. The van der Waals surface area contributed by atoms with Crippen molar-refractivity contribution < 1.29 is 10.0 Å². The third-order valence-electron chi connectivity index (χ3n) is 8.60. The van der Waals surface area contributed by atoms with Crippen LogP contribution in [0.2, 0.25) is 0 Å². The van der Waals surface area contributed by atoms with Crippen LogP contribution in [-0.2, 0) is 4.79 Å². The van der Waals surface area contributed by atoms with Crippen LogP contribution in [0.15, 0.2) is 16.8 Å². The average Bonchev–Trinajstić information content (AvgIpc) is 2.91. The van der Waals surface area contributed by atoms with E-state index in [-0.39, 0.29) is 10.8 Å². The molecular formula is C21H31NO2. The molecule has 1 N–H and O–H groups in total. The molecule has 3 nitrogen and oxygen atoms in total. The van der Waals surface area contributed by atoms with Gasteiger partial charge in [0.25, 0.3) is 0 Å². The molecule has 0 saturated heterocycles. The average molecular weight is 329 g/mol. The molecule has 4 aliphatic carbocycles. The van der Waals surface area contributed by atoms with Crippen LogP contribution in [-0.4, -0.2) is 16.7 Å². The van der Waals surface area contributed by atoms with Crippen LogP contribution in [0.4, 0.5) is 0 Å². The normalized spacial score (nSPS) is 49.1. The van der Waals surface area contributed by atoms with Crippen molar-refractivity contribution in [3.05, 3.63) is 11.6 Å². The first-order valence-corrected chi connectivity index (χ1v) is 9.82. The number of rotatable bonds is 1. The van der Waals surface area contributed by atoms with E-state index in [1.54, 1.807) is 0 Å². The number of allylic oxidation sites excluding steroid dienone is 2. The monoisotopic (exact) mass is 329 g/mol. The first kappa shape index (κ1) is 16.4. The molecule has 24 heavy (non-hydrogen) atoms. The van der Waals surface area contributed by atoms with Crippen LogP contribution in [0.5, 0.6) is 0 Å². The van der Waals surface area contributed by atoms with Gasteiger partial charge in [-0.2, -0.15) is 0 Å². The number of hydrogen-bond acceptors (Lipinski definition) is 3. The molecule has 3 fully saturated rings. The van der Waals surface area contributed by atoms with Gasteiger partial charge >= 0.3 is 0 Å². The summed E-state index contributed by atoms with van der Waals surface area (Å²) < 4.78 is 0. The SMILES string of the molecule is CC(=O)[C@H]1CC[C@H]2[C@@H]3CCC4=CC(=NO)CC[C@]4(C)[C@H]3CC[C@]12C. The summed E-state index contributed by atoms with van der Waals surface area (Å²) in [7, 11) is 0. The molecule has 4 rings (SSSR count). The van der Waals surface area contributed by atoms with Crippen LogP contribution < -0.4 is 0 Å². The lowest BCUT2D eigenvalue weighted by atomic mass is 9.46. The van der Waals surface area contributed by atoms with Crippen LogP contribution >= 0.6 is 0 Å². The summed E-state index contributed by atoms with van der Waals surface area (Å²) in [5.74, 6) is 2.98. The van der Waals surface area contributed by atoms with Gasteiger partial charge in [-0.05, 0) is 93.0 Å². The minimum atomic E-state index is 0.247. The molecule has 0 aliphatic heterocycles. The summed E-state index contributed by atoms with van der Waals surface area (Å²) in [6.07, 6.45) is 11.5. The zero-order chi connectivity index (χ0) is 17.1. The lowest BCUT2D eigenvalue weighted by Gasteiger charge is -2.58. The Bertz CT molecular complexity index is 621. The Kier molecular flexibility index (Phi) is 3.71. The fourth-order valence-electron chi connectivity index (χ4n) is 7.32. The number of ketones is 1. The Labute approximate surface area is 145 Å². The van der Waals surface area contributed by atoms with Crippen molar-refractivity contribution in [1.29, 1.82) is 0 Å². The molecule has 6 atom stereocenters. The van der Waals surface area contributed by atoms with E-state index in [9.17, 15) is 4.79 Å². The molecule has 4 aliphatic rings. The van der Waals surface area contributed by atoms with Gasteiger partial charge in [-0.15, -0.1) is 0 Å². The van der Waals surface area contributed by atoms with Crippen molar-refractivity contribution >= 4 is 11.5 Å². The number of Topliss-reactive ketones (excluding diaryl/α,β-unsaturated/α-hetero) is 1. The van der Waals surface area contributed by atoms with Gasteiger partial charge in [-0.3, -0.25) is 4.79 Å². The lowest BCUT2D eigenvalue weighted by Crippen LogP contribution is -2.51. The van der Waals surface area contributed by atoms with Gasteiger partial charge in [0.1, 0.15) is 5.78 Å². The van der Waals surface area contributed by atoms with Crippen molar-refractivity contribution in [2.24, 2.45) is 39.7 Å². The van der Waals surface area contributed by atoms with Gasteiger partial charge in [0.05, 0.1) is 5.71 Å². The highest BCUT2D eigenvalue weighted by molar-refractivity contribution is 5.96. The molecule has 0 amide bonds. The predicted molar refractivity (Wildman–Crippen MR) is 95.1 cm³/mol. The molecule has 3 heteroatoms. The number of fused-ring (bicyclic) bond motifs is 5. The minimum absolute atomic E-state index is 0.247. The van der Waals surface area contributed by atoms with Crippen molar-refractivity contribution in [3.63, 3.8) is 0 Å². The van der Waals surface area contributed by atoms with Gasteiger partial charge < -0.3 is 5.21 Å². The van der Waals surface area contributed by atoms with Gasteiger partial charge in [0.15, 0.2) is 0 Å². The molecular weight excluding hydrogens is 298 g/mol. The molecule has 132 valence electrons. The smallest absolute Gasteiger partial charge is 0.133 e. The topological polar surface area (TPSA) is 49.7 Å². The summed E-state index contributed by atoms with van der Waals surface area (Å²) in [6.45, 7) is 6.69. The van der Waals surface area contributed by atoms with Crippen LogP contribution in [0.25, 0.3) is 0 Å². The maximum Gasteiger partial charge on any atom is 0.133 e. The van der Waals surface area contributed by atoms with Crippen molar-refractivity contribution in [3.8, 4) is 0 Å². The minimum Gasteiger partial charge on any atom is -0.411 e. The van der Waals surface area contributed by atoms with E-state index in [0.29, 0.717) is 11.7 Å². The second-order valence-electron chi connectivity index (χ2n) is 9.38. The molecule has 0 radical (unpaired) electrons. The van der Waals surface area contributed by atoms with Gasteiger partial charge in [-0.25, -0.2) is 0 Å². The van der Waals surface area contributed by atoms with Crippen LogP contribution in [0.3, 0.4) is 0 Å². The molecule has 0 aromatic heterocycles. The number of nitrogens with zero attached hydrogens (tertiary/aromatic N) is 1. The van der Waals surface area contributed by atoms with E-state index < -0.39 is 0 Å². The summed E-state index contributed by atoms with van der Waals surface area (Å²) in [5.41, 5.74) is 2.91. The highest BCUT2D eigenvalue weighted by Crippen LogP contribution is 2.66. The van der Waals surface area contributed by atoms with E-state index in [4.69, 9.17) is 5.21 Å². The van der Waals surface area contributed by atoms with Crippen LogP contribution in [0, 0.1) is 34.5 Å². The Balaban J connectivity index is 1.66. The van der Waals surface area contributed by atoms with Gasteiger partial charge in [0.2, 0.25) is 0 Å². The molecule has 0 spiro atoms. The molecule has 0 heterocycles. The van der Waals surface area contributed by atoms with Crippen LogP contribution in [0.1, 0.15) is 72.1 Å². The van der Waals surface area contributed by atoms with Crippen molar-refractivity contribution in [1.82, 2.24) is 0 Å². The summed E-state index contributed by atoms with van der Waals surface area (Å²) >= 11 is 0. The van der Waals surface area contributed by atoms with E-state index in [0.717, 1.165) is 49.1 Å². The third-order valence-corrected chi connectivity index (χ3v) is 8.60. The summed E-state index contributed by atoms with van der Waals surface area (Å²) in [5, 5.41) is 12.6. The fraction of sp³-hybridized carbons (Fsp3) is 0.810. The molecule has 0 aromatic rings. The maximum absolute atomic E-state index is 12.2. The molecule has 0 bridgehead atoms. The van der Waals surface area contributed by atoms with E-state index in [1.807, 2.05) is 6.92 Å². The number of carbonyl (C=O) groups excluding carboxylic acids is 1. The fourth-order valence-corrected chi connectivity index (χ4v) is 7.32. The zero-order valence-corrected chi connectivity index (χ0v) is 15.3. The highest BCUT2D eigenvalue weighted by Gasteiger charge is 2.59. The Morgan fingerprint density at radius 2 is 1.92 bits per heavy atom. The molecule has 0 aromatic carbocycles. The summed E-state index contributed by atoms with van der Waals surface area (Å²) in [4.78, 5) is 12.2. The predicted octanol–water partition coefficient (Wildman–Crippen LogP) is 4.98. The first-order valence-electron chi connectivity index (χ1n) is 9.82. The van der Waals surface area contributed by atoms with E-state index in [2.05, 4.69) is 25.1 Å².